The SMILES string of the molecule is CCCCOc1ccc(-c2cc3c(SC)nccn3n2)cc1. The highest BCUT2D eigenvalue weighted by molar-refractivity contribution is 7.98. The summed E-state index contributed by atoms with van der Waals surface area (Å²) in [5.41, 5.74) is 3.07. The van der Waals surface area contributed by atoms with E-state index in [1.54, 1.807) is 18.0 Å². The second-order valence-electron chi connectivity index (χ2n) is 5.02. The van der Waals surface area contributed by atoms with Gasteiger partial charge in [0.25, 0.3) is 0 Å². The minimum Gasteiger partial charge on any atom is -0.494 e. The number of fused-ring (bicyclic) bond motifs is 1. The zero-order valence-corrected chi connectivity index (χ0v) is 13.6. The molecule has 114 valence electrons. The van der Waals surface area contributed by atoms with Crippen molar-refractivity contribution in [1.29, 1.82) is 0 Å². The molecule has 0 aliphatic carbocycles. The Morgan fingerprint density at radius 1 is 1.23 bits per heavy atom. The molecule has 5 heteroatoms. The monoisotopic (exact) mass is 313 g/mol. The zero-order valence-electron chi connectivity index (χ0n) is 12.8. The molecule has 0 aliphatic heterocycles. The Hall–Kier alpha value is -2.01. The highest BCUT2D eigenvalue weighted by Crippen LogP contribution is 2.26. The van der Waals surface area contributed by atoms with Gasteiger partial charge in [-0.2, -0.15) is 5.10 Å². The fourth-order valence-corrected chi connectivity index (χ4v) is 2.78. The maximum Gasteiger partial charge on any atom is 0.122 e. The summed E-state index contributed by atoms with van der Waals surface area (Å²) in [4.78, 5) is 4.37. The van der Waals surface area contributed by atoms with Crippen molar-refractivity contribution in [2.45, 2.75) is 24.8 Å². The molecule has 2 heterocycles. The average Bonchev–Trinajstić information content (AvgIpc) is 3.00. The summed E-state index contributed by atoms with van der Waals surface area (Å²) >= 11 is 1.63. The Kier molecular flexibility index (Phi) is 4.63. The van der Waals surface area contributed by atoms with Gasteiger partial charge in [-0.05, 0) is 43.0 Å². The van der Waals surface area contributed by atoms with Gasteiger partial charge in [0.1, 0.15) is 10.8 Å². The molecule has 4 nitrogen and oxygen atoms in total. The summed E-state index contributed by atoms with van der Waals surface area (Å²) in [5.74, 6) is 0.910. The molecule has 0 saturated heterocycles. The summed E-state index contributed by atoms with van der Waals surface area (Å²) in [7, 11) is 0. The van der Waals surface area contributed by atoms with Gasteiger partial charge in [0.2, 0.25) is 0 Å². The first kappa shape index (κ1) is 14.9. The molecule has 0 N–H and O–H groups in total. The van der Waals surface area contributed by atoms with Crippen LogP contribution in [0.1, 0.15) is 19.8 Å². The molecule has 0 unspecified atom stereocenters. The number of ether oxygens (including phenoxy) is 1. The van der Waals surface area contributed by atoms with Crippen LogP contribution in [-0.4, -0.2) is 27.5 Å². The van der Waals surface area contributed by atoms with Crippen LogP contribution in [0.25, 0.3) is 16.8 Å². The number of aromatic nitrogens is 3. The van der Waals surface area contributed by atoms with Gasteiger partial charge in [-0.25, -0.2) is 9.50 Å². The van der Waals surface area contributed by atoms with E-state index in [1.807, 2.05) is 29.1 Å². The Balaban J connectivity index is 1.84. The normalized spacial score (nSPS) is 11.0. The quantitative estimate of drug-likeness (QED) is 0.502. The molecule has 0 atom stereocenters. The van der Waals surface area contributed by atoms with E-state index in [2.05, 4.69) is 35.2 Å². The van der Waals surface area contributed by atoms with Gasteiger partial charge in [0, 0.05) is 18.0 Å². The standard InChI is InChI=1S/C17H19N3OS/c1-3-4-11-21-14-7-5-13(6-8-14)15-12-16-17(22-2)18-9-10-20(16)19-15/h5-10,12H,3-4,11H2,1-2H3. The minimum atomic E-state index is 0.771. The first-order chi connectivity index (χ1) is 10.8. The maximum absolute atomic E-state index is 5.69. The molecule has 0 amide bonds. The lowest BCUT2D eigenvalue weighted by Gasteiger charge is -2.05. The Labute approximate surface area is 134 Å². The van der Waals surface area contributed by atoms with E-state index in [9.17, 15) is 0 Å². The first-order valence-corrected chi connectivity index (χ1v) is 8.66. The van der Waals surface area contributed by atoms with Crippen molar-refractivity contribution >= 4 is 17.3 Å². The topological polar surface area (TPSA) is 39.4 Å². The summed E-state index contributed by atoms with van der Waals surface area (Å²) < 4.78 is 7.57. The van der Waals surface area contributed by atoms with Crippen molar-refractivity contribution in [2.24, 2.45) is 0 Å². The van der Waals surface area contributed by atoms with E-state index in [-0.39, 0.29) is 0 Å². The van der Waals surface area contributed by atoms with Gasteiger partial charge in [0.05, 0.1) is 17.8 Å². The third-order valence-electron chi connectivity index (χ3n) is 3.46. The van der Waals surface area contributed by atoms with E-state index in [0.717, 1.165) is 47.0 Å². The first-order valence-electron chi connectivity index (χ1n) is 7.43. The van der Waals surface area contributed by atoms with Crippen LogP contribution in [0.3, 0.4) is 0 Å². The molecule has 3 rings (SSSR count). The van der Waals surface area contributed by atoms with Crippen LogP contribution in [0.2, 0.25) is 0 Å². The van der Waals surface area contributed by atoms with E-state index in [1.165, 1.54) is 0 Å². The van der Waals surface area contributed by atoms with Gasteiger partial charge in [-0.3, -0.25) is 0 Å². The van der Waals surface area contributed by atoms with E-state index in [0.29, 0.717) is 0 Å². The Morgan fingerprint density at radius 2 is 2.05 bits per heavy atom. The fraction of sp³-hybridized carbons (Fsp3) is 0.294. The largest absolute Gasteiger partial charge is 0.494 e. The van der Waals surface area contributed by atoms with Crippen LogP contribution in [0.15, 0.2) is 47.8 Å². The fourth-order valence-electron chi connectivity index (χ4n) is 2.25. The second-order valence-corrected chi connectivity index (χ2v) is 5.82. The predicted molar refractivity (Wildman–Crippen MR) is 90.6 cm³/mol. The van der Waals surface area contributed by atoms with Crippen LogP contribution in [-0.2, 0) is 0 Å². The number of hydrogen-bond acceptors (Lipinski definition) is 4. The van der Waals surface area contributed by atoms with E-state index >= 15 is 0 Å². The van der Waals surface area contributed by atoms with Crippen molar-refractivity contribution in [2.75, 3.05) is 12.9 Å². The molecule has 0 spiro atoms. The minimum absolute atomic E-state index is 0.771. The van der Waals surface area contributed by atoms with Crippen molar-refractivity contribution in [3.8, 4) is 17.0 Å². The zero-order chi connectivity index (χ0) is 15.4. The number of hydrogen-bond donors (Lipinski definition) is 0. The summed E-state index contributed by atoms with van der Waals surface area (Å²) in [6.45, 7) is 2.93. The van der Waals surface area contributed by atoms with Crippen LogP contribution < -0.4 is 4.74 Å². The van der Waals surface area contributed by atoms with Gasteiger partial charge >= 0.3 is 0 Å². The average molecular weight is 313 g/mol. The Bertz CT molecular complexity index is 752. The second kappa shape index (κ2) is 6.83. The Morgan fingerprint density at radius 3 is 2.77 bits per heavy atom. The lowest BCUT2D eigenvalue weighted by atomic mass is 10.1. The summed E-state index contributed by atoms with van der Waals surface area (Å²) in [6.07, 6.45) is 7.91. The number of rotatable bonds is 6. The molecule has 0 fully saturated rings. The molecule has 1 aromatic carbocycles. The molecular formula is C17H19N3OS. The molecule has 0 bridgehead atoms. The van der Waals surface area contributed by atoms with Crippen molar-refractivity contribution in [3.05, 3.63) is 42.7 Å². The van der Waals surface area contributed by atoms with Crippen LogP contribution in [0, 0.1) is 0 Å². The number of unbranched alkanes of at least 4 members (excludes halogenated alkanes) is 1. The molecule has 2 aromatic heterocycles. The number of benzene rings is 1. The van der Waals surface area contributed by atoms with Crippen molar-refractivity contribution < 1.29 is 4.74 Å². The van der Waals surface area contributed by atoms with E-state index in [4.69, 9.17) is 4.74 Å². The summed E-state index contributed by atoms with van der Waals surface area (Å²) in [5, 5.41) is 5.61. The number of nitrogens with zero attached hydrogens (tertiary/aromatic N) is 3. The summed E-state index contributed by atoms with van der Waals surface area (Å²) in [6, 6.07) is 10.2. The molecule has 0 saturated carbocycles. The molecule has 22 heavy (non-hydrogen) atoms. The number of thioether (sulfide) groups is 1. The molecule has 3 aromatic rings. The third kappa shape index (κ3) is 3.09. The molecular weight excluding hydrogens is 294 g/mol. The van der Waals surface area contributed by atoms with Gasteiger partial charge in [0.15, 0.2) is 0 Å². The van der Waals surface area contributed by atoms with Gasteiger partial charge < -0.3 is 4.74 Å². The highest BCUT2D eigenvalue weighted by Gasteiger charge is 2.08. The highest BCUT2D eigenvalue weighted by atomic mass is 32.2. The maximum atomic E-state index is 5.69. The van der Waals surface area contributed by atoms with Crippen molar-refractivity contribution in [1.82, 2.24) is 14.6 Å². The van der Waals surface area contributed by atoms with Crippen molar-refractivity contribution in [3.63, 3.8) is 0 Å². The molecule has 0 aliphatic rings. The smallest absolute Gasteiger partial charge is 0.122 e. The lowest BCUT2D eigenvalue weighted by molar-refractivity contribution is 0.309. The molecule has 0 radical (unpaired) electrons. The van der Waals surface area contributed by atoms with Gasteiger partial charge in [-0.1, -0.05) is 13.3 Å². The van der Waals surface area contributed by atoms with Crippen LogP contribution in [0.5, 0.6) is 5.75 Å². The van der Waals surface area contributed by atoms with Crippen LogP contribution in [0.4, 0.5) is 0 Å². The van der Waals surface area contributed by atoms with Crippen LogP contribution >= 0.6 is 11.8 Å². The third-order valence-corrected chi connectivity index (χ3v) is 4.17. The predicted octanol–water partition coefficient (Wildman–Crippen LogP) is 4.30. The lowest BCUT2D eigenvalue weighted by Crippen LogP contribution is -1.95. The van der Waals surface area contributed by atoms with E-state index < -0.39 is 0 Å². The van der Waals surface area contributed by atoms with Gasteiger partial charge in [-0.15, -0.1) is 11.8 Å².